The molecule has 1 atom stereocenters. The second kappa shape index (κ2) is 6.33. The molecular weight excluding hydrogens is 244 g/mol. The van der Waals surface area contributed by atoms with E-state index in [1.807, 2.05) is 30.3 Å². The molecule has 5 nitrogen and oxygen atoms in total. The molecule has 5 heteroatoms. The van der Waals surface area contributed by atoms with Crippen LogP contribution in [0.4, 0.5) is 0 Å². The Morgan fingerprint density at radius 3 is 2.79 bits per heavy atom. The van der Waals surface area contributed by atoms with Crippen LogP contribution < -0.4 is 5.32 Å². The number of nitrogens with one attached hydrogen (secondary N) is 1. The average Bonchev–Trinajstić information content (AvgIpc) is 2.60. The lowest BCUT2D eigenvalue weighted by Gasteiger charge is -2.22. The van der Waals surface area contributed by atoms with Crippen molar-refractivity contribution in [3.8, 4) is 0 Å². The lowest BCUT2D eigenvalue weighted by molar-refractivity contribution is -0.142. The third-order valence-electron chi connectivity index (χ3n) is 3.32. The maximum atomic E-state index is 11.9. The van der Waals surface area contributed by atoms with Gasteiger partial charge >= 0.3 is 5.97 Å². The van der Waals surface area contributed by atoms with Crippen LogP contribution in [0.5, 0.6) is 0 Å². The predicted molar refractivity (Wildman–Crippen MR) is 70.7 cm³/mol. The molecule has 1 unspecified atom stereocenters. The zero-order valence-corrected chi connectivity index (χ0v) is 10.7. The zero-order valence-electron chi connectivity index (χ0n) is 10.7. The highest BCUT2D eigenvalue weighted by Crippen LogP contribution is 2.07. The normalized spacial score (nSPS) is 20.1. The maximum absolute atomic E-state index is 11.9. The number of nitrogens with zero attached hydrogens (tertiary/aromatic N) is 1. The van der Waals surface area contributed by atoms with E-state index in [1.165, 1.54) is 0 Å². The molecule has 0 bridgehead atoms. The van der Waals surface area contributed by atoms with Gasteiger partial charge in [0.25, 0.3) is 0 Å². The van der Waals surface area contributed by atoms with E-state index in [0.717, 1.165) is 12.0 Å². The minimum Gasteiger partial charge on any atom is -0.481 e. The summed E-state index contributed by atoms with van der Waals surface area (Å²) in [5.74, 6) is -1.41. The van der Waals surface area contributed by atoms with Gasteiger partial charge in [-0.1, -0.05) is 30.3 Å². The van der Waals surface area contributed by atoms with E-state index in [2.05, 4.69) is 5.32 Å². The zero-order chi connectivity index (χ0) is 13.7. The van der Waals surface area contributed by atoms with Gasteiger partial charge in [0.2, 0.25) is 5.91 Å². The van der Waals surface area contributed by atoms with Gasteiger partial charge in [0.15, 0.2) is 0 Å². The number of amides is 1. The molecule has 1 heterocycles. The Morgan fingerprint density at radius 2 is 2.11 bits per heavy atom. The van der Waals surface area contributed by atoms with E-state index < -0.39 is 11.9 Å². The van der Waals surface area contributed by atoms with Crippen LogP contribution >= 0.6 is 0 Å². The van der Waals surface area contributed by atoms with Gasteiger partial charge in [0.1, 0.15) is 0 Å². The highest BCUT2D eigenvalue weighted by atomic mass is 16.4. The van der Waals surface area contributed by atoms with Crippen LogP contribution in [0.1, 0.15) is 5.56 Å². The molecule has 1 aromatic rings. The summed E-state index contributed by atoms with van der Waals surface area (Å²) in [5, 5.41) is 12.0. The summed E-state index contributed by atoms with van der Waals surface area (Å²) in [6.45, 7) is 1.42. The van der Waals surface area contributed by atoms with Gasteiger partial charge in [-0.2, -0.15) is 0 Å². The van der Waals surface area contributed by atoms with E-state index in [-0.39, 0.29) is 19.0 Å². The van der Waals surface area contributed by atoms with E-state index in [4.69, 9.17) is 5.11 Å². The molecule has 1 saturated heterocycles. The fraction of sp³-hybridized carbons (Fsp3) is 0.429. The van der Waals surface area contributed by atoms with Crippen LogP contribution in [-0.2, 0) is 16.0 Å². The number of carbonyl (C=O) groups excluding carboxylic acids is 1. The first-order chi connectivity index (χ1) is 9.16. The highest BCUT2D eigenvalue weighted by molar-refractivity contribution is 5.80. The Kier molecular flexibility index (Phi) is 4.52. The summed E-state index contributed by atoms with van der Waals surface area (Å²) < 4.78 is 0. The number of hydrogen-bond donors (Lipinski definition) is 2. The summed E-state index contributed by atoms with van der Waals surface area (Å²) in [4.78, 5) is 24.6. The first kappa shape index (κ1) is 13.5. The summed E-state index contributed by atoms with van der Waals surface area (Å²) in [7, 11) is 0. The molecule has 1 amide bonds. The van der Waals surface area contributed by atoms with Gasteiger partial charge in [-0.05, 0) is 12.0 Å². The van der Waals surface area contributed by atoms with E-state index in [0.29, 0.717) is 13.1 Å². The second-order valence-corrected chi connectivity index (χ2v) is 4.74. The van der Waals surface area contributed by atoms with Crippen molar-refractivity contribution >= 4 is 11.9 Å². The van der Waals surface area contributed by atoms with E-state index in [1.54, 1.807) is 4.90 Å². The van der Waals surface area contributed by atoms with Crippen LogP contribution in [0, 0.1) is 5.92 Å². The number of carbonyl (C=O) groups is 2. The minimum absolute atomic E-state index is 0.0281. The van der Waals surface area contributed by atoms with Gasteiger partial charge in [-0.3, -0.25) is 9.59 Å². The quantitative estimate of drug-likeness (QED) is 0.822. The molecule has 2 rings (SSSR count). The van der Waals surface area contributed by atoms with Crippen molar-refractivity contribution in [2.75, 3.05) is 26.2 Å². The molecule has 1 aliphatic rings. The largest absolute Gasteiger partial charge is 0.481 e. The van der Waals surface area contributed by atoms with E-state index >= 15 is 0 Å². The van der Waals surface area contributed by atoms with Crippen LogP contribution in [0.3, 0.4) is 0 Å². The van der Waals surface area contributed by atoms with Crippen LogP contribution in [-0.4, -0.2) is 48.1 Å². The first-order valence-corrected chi connectivity index (χ1v) is 6.42. The molecular formula is C14H18N2O3. The van der Waals surface area contributed by atoms with Gasteiger partial charge in [-0.25, -0.2) is 0 Å². The highest BCUT2D eigenvalue weighted by Gasteiger charge is 2.26. The van der Waals surface area contributed by atoms with Crippen molar-refractivity contribution in [3.63, 3.8) is 0 Å². The number of benzene rings is 1. The molecule has 1 aromatic carbocycles. The standard InChI is InChI=1S/C14H18N2O3/c17-13-9-15-8-12(14(18)19)10-16(13)7-6-11-4-2-1-3-5-11/h1-5,12,15H,6-10H2,(H,18,19). The van der Waals surface area contributed by atoms with Crippen LogP contribution in [0.25, 0.3) is 0 Å². The monoisotopic (exact) mass is 262 g/mol. The van der Waals surface area contributed by atoms with Crippen molar-refractivity contribution in [3.05, 3.63) is 35.9 Å². The summed E-state index contributed by atoms with van der Waals surface area (Å²) in [6.07, 6.45) is 0.749. The van der Waals surface area contributed by atoms with Gasteiger partial charge < -0.3 is 15.3 Å². The fourth-order valence-corrected chi connectivity index (χ4v) is 2.19. The number of hydrogen-bond acceptors (Lipinski definition) is 3. The summed E-state index contributed by atoms with van der Waals surface area (Å²) in [6, 6.07) is 9.89. The van der Waals surface area contributed by atoms with Crippen molar-refractivity contribution in [1.82, 2.24) is 10.2 Å². The molecule has 0 saturated carbocycles. The topological polar surface area (TPSA) is 69.6 Å². The molecule has 0 aromatic heterocycles. The molecule has 1 fully saturated rings. The molecule has 2 N–H and O–H groups in total. The molecule has 19 heavy (non-hydrogen) atoms. The predicted octanol–water partition coefficient (Wildman–Crippen LogP) is 0.362. The summed E-state index contributed by atoms with van der Waals surface area (Å²) >= 11 is 0. The molecule has 0 aliphatic carbocycles. The maximum Gasteiger partial charge on any atom is 0.309 e. The number of aliphatic carboxylic acids is 1. The lowest BCUT2D eigenvalue weighted by atomic mass is 10.1. The van der Waals surface area contributed by atoms with Gasteiger partial charge in [0, 0.05) is 19.6 Å². The van der Waals surface area contributed by atoms with Crippen molar-refractivity contribution < 1.29 is 14.7 Å². The number of carboxylic acids is 1. The first-order valence-electron chi connectivity index (χ1n) is 6.42. The van der Waals surface area contributed by atoms with Crippen LogP contribution in [0.2, 0.25) is 0 Å². The minimum atomic E-state index is -0.855. The van der Waals surface area contributed by atoms with Crippen molar-refractivity contribution in [2.45, 2.75) is 6.42 Å². The Bertz CT molecular complexity index is 447. The van der Waals surface area contributed by atoms with Gasteiger partial charge in [0.05, 0.1) is 12.5 Å². The third kappa shape index (κ3) is 3.79. The molecule has 1 aliphatic heterocycles. The lowest BCUT2D eigenvalue weighted by Crippen LogP contribution is -2.38. The fourth-order valence-electron chi connectivity index (χ4n) is 2.19. The second-order valence-electron chi connectivity index (χ2n) is 4.74. The summed E-state index contributed by atoms with van der Waals surface area (Å²) in [5.41, 5.74) is 1.15. The number of rotatable bonds is 4. The molecule has 102 valence electrons. The molecule has 0 radical (unpaired) electrons. The third-order valence-corrected chi connectivity index (χ3v) is 3.32. The van der Waals surface area contributed by atoms with Crippen LogP contribution in [0.15, 0.2) is 30.3 Å². The average molecular weight is 262 g/mol. The Hall–Kier alpha value is -1.88. The van der Waals surface area contributed by atoms with Crippen molar-refractivity contribution in [1.29, 1.82) is 0 Å². The van der Waals surface area contributed by atoms with Gasteiger partial charge in [-0.15, -0.1) is 0 Å². The van der Waals surface area contributed by atoms with E-state index in [9.17, 15) is 9.59 Å². The number of carboxylic acid groups (broad SMARTS) is 1. The smallest absolute Gasteiger partial charge is 0.309 e. The SMILES string of the molecule is O=C(O)C1CNCC(=O)N(CCc2ccccc2)C1. The molecule has 0 spiro atoms. The Morgan fingerprint density at radius 1 is 1.37 bits per heavy atom. The Balaban J connectivity index is 1.96. The Labute approximate surface area is 112 Å². The van der Waals surface area contributed by atoms with Crippen molar-refractivity contribution in [2.24, 2.45) is 5.92 Å².